The molecular weight excluding hydrogens is 304 g/mol. The molecule has 1 aliphatic rings. The number of aryl methyl sites for hydroxylation is 1. The minimum atomic E-state index is -3.14. The lowest BCUT2D eigenvalue weighted by Crippen LogP contribution is -2.36. The lowest BCUT2D eigenvalue weighted by atomic mass is 10.1. The zero-order valence-electron chi connectivity index (χ0n) is 11.0. The first-order chi connectivity index (χ1) is 8.53. The second-order valence-electron chi connectivity index (χ2n) is 4.90. The normalized spacial score (nSPS) is 24.3. The van der Waals surface area contributed by atoms with E-state index in [1.54, 1.807) is 15.6 Å². The summed E-state index contributed by atoms with van der Waals surface area (Å²) < 4.78 is 26.2. The van der Waals surface area contributed by atoms with Crippen LogP contribution in [-0.2, 0) is 16.4 Å². The number of halogens is 1. The van der Waals surface area contributed by atoms with Crippen LogP contribution in [0, 0.1) is 5.92 Å². The Morgan fingerprint density at radius 2 is 2.26 bits per heavy atom. The highest BCUT2D eigenvalue weighted by molar-refractivity contribution is 7.89. The van der Waals surface area contributed by atoms with Crippen LogP contribution in [0.5, 0.6) is 0 Å². The molecule has 0 aliphatic carbocycles. The summed E-state index contributed by atoms with van der Waals surface area (Å²) in [4.78, 5) is 1.13. The Bertz CT molecular complexity index is 476. The van der Waals surface area contributed by atoms with Gasteiger partial charge in [0.25, 0.3) is 0 Å². The summed E-state index contributed by atoms with van der Waals surface area (Å²) >= 11 is 1.61. The van der Waals surface area contributed by atoms with Gasteiger partial charge in [0.2, 0.25) is 10.0 Å². The molecule has 7 heteroatoms. The topological polar surface area (TPSA) is 63.4 Å². The van der Waals surface area contributed by atoms with E-state index in [0.717, 1.165) is 11.3 Å². The van der Waals surface area contributed by atoms with Crippen molar-refractivity contribution >= 4 is 33.8 Å². The van der Waals surface area contributed by atoms with E-state index in [-0.39, 0.29) is 24.2 Å². The van der Waals surface area contributed by atoms with Gasteiger partial charge in [0.1, 0.15) is 0 Å². The molecule has 0 amide bonds. The molecule has 0 aromatic carbocycles. The quantitative estimate of drug-likeness (QED) is 0.897. The lowest BCUT2D eigenvalue weighted by Gasteiger charge is -2.20. The first-order valence-electron chi connectivity index (χ1n) is 6.25. The molecule has 4 nitrogen and oxygen atoms in total. The van der Waals surface area contributed by atoms with Crippen LogP contribution < -0.4 is 5.73 Å². The predicted octanol–water partition coefficient (Wildman–Crippen LogP) is 1.71. The maximum Gasteiger partial charge on any atom is 0.214 e. The van der Waals surface area contributed by atoms with Gasteiger partial charge in [-0.05, 0) is 43.7 Å². The molecule has 2 N–H and O–H groups in total. The van der Waals surface area contributed by atoms with Crippen molar-refractivity contribution in [2.24, 2.45) is 11.7 Å². The van der Waals surface area contributed by atoms with E-state index in [2.05, 4.69) is 0 Å². The first-order valence-corrected chi connectivity index (χ1v) is 8.74. The fourth-order valence-corrected chi connectivity index (χ4v) is 5.09. The lowest BCUT2D eigenvalue weighted by molar-refractivity contribution is 0.404. The van der Waals surface area contributed by atoms with Crippen molar-refractivity contribution < 1.29 is 8.42 Å². The van der Waals surface area contributed by atoms with Crippen molar-refractivity contribution in [3.05, 3.63) is 22.4 Å². The summed E-state index contributed by atoms with van der Waals surface area (Å²) in [5.41, 5.74) is 5.63. The number of thiophene rings is 1. The second-order valence-corrected chi connectivity index (χ2v) is 7.97. The van der Waals surface area contributed by atoms with E-state index in [1.807, 2.05) is 24.4 Å². The van der Waals surface area contributed by atoms with Crippen molar-refractivity contribution in [1.82, 2.24) is 4.31 Å². The van der Waals surface area contributed by atoms with E-state index >= 15 is 0 Å². The molecule has 1 fully saturated rings. The van der Waals surface area contributed by atoms with Crippen LogP contribution in [0.15, 0.2) is 17.5 Å². The molecule has 1 aromatic heterocycles. The molecule has 1 aromatic rings. The first kappa shape index (κ1) is 16.9. The average molecular weight is 325 g/mol. The zero-order valence-corrected chi connectivity index (χ0v) is 13.4. The third kappa shape index (κ3) is 4.16. The van der Waals surface area contributed by atoms with Crippen molar-refractivity contribution in [1.29, 1.82) is 0 Å². The van der Waals surface area contributed by atoms with Crippen LogP contribution in [0.2, 0.25) is 0 Å². The molecule has 0 spiro atoms. The van der Waals surface area contributed by atoms with Crippen molar-refractivity contribution in [2.75, 3.05) is 18.8 Å². The standard InChI is InChI=1S/C12H20N2O2S2.ClH/c1-10-7-11(8-13)9-14(10)18(15,16)6-4-12-3-2-5-17-12;/h2-3,5,10-11H,4,6-9,13H2,1H3;1H. The van der Waals surface area contributed by atoms with E-state index in [1.165, 1.54) is 0 Å². The number of sulfonamides is 1. The Balaban J connectivity index is 0.00000180. The summed E-state index contributed by atoms with van der Waals surface area (Å²) in [7, 11) is -3.14. The third-order valence-corrected chi connectivity index (χ3v) is 6.36. The van der Waals surface area contributed by atoms with E-state index in [4.69, 9.17) is 5.73 Å². The molecule has 2 rings (SSSR count). The molecule has 1 saturated heterocycles. The van der Waals surface area contributed by atoms with Crippen LogP contribution in [-0.4, -0.2) is 37.6 Å². The summed E-state index contributed by atoms with van der Waals surface area (Å²) in [6, 6.07) is 4.03. The molecule has 19 heavy (non-hydrogen) atoms. The van der Waals surface area contributed by atoms with Gasteiger partial charge < -0.3 is 5.73 Å². The van der Waals surface area contributed by atoms with Gasteiger partial charge in [-0.2, -0.15) is 4.31 Å². The van der Waals surface area contributed by atoms with Crippen LogP contribution in [0.25, 0.3) is 0 Å². The highest BCUT2D eigenvalue weighted by Crippen LogP contribution is 2.26. The number of nitrogens with two attached hydrogens (primary N) is 1. The maximum absolute atomic E-state index is 12.3. The van der Waals surface area contributed by atoms with Crippen LogP contribution in [0.4, 0.5) is 0 Å². The van der Waals surface area contributed by atoms with Crippen LogP contribution in [0.3, 0.4) is 0 Å². The summed E-state index contributed by atoms with van der Waals surface area (Å²) in [6.45, 7) is 3.13. The number of rotatable bonds is 5. The second kappa shape index (κ2) is 7.04. The van der Waals surface area contributed by atoms with Crippen molar-refractivity contribution in [3.8, 4) is 0 Å². The maximum atomic E-state index is 12.3. The van der Waals surface area contributed by atoms with Gasteiger partial charge >= 0.3 is 0 Å². The highest BCUT2D eigenvalue weighted by Gasteiger charge is 2.35. The van der Waals surface area contributed by atoms with Gasteiger partial charge in [-0.25, -0.2) is 8.42 Å². The van der Waals surface area contributed by atoms with Gasteiger partial charge in [0, 0.05) is 17.5 Å². The molecule has 0 bridgehead atoms. The van der Waals surface area contributed by atoms with Gasteiger partial charge in [0.15, 0.2) is 0 Å². The fourth-order valence-electron chi connectivity index (χ4n) is 2.47. The minimum absolute atomic E-state index is 0. The molecule has 2 heterocycles. The highest BCUT2D eigenvalue weighted by atomic mass is 35.5. The summed E-state index contributed by atoms with van der Waals surface area (Å²) in [5, 5.41) is 1.98. The Labute approximate surface area is 125 Å². The molecular formula is C12H21ClN2O2S2. The molecule has 2 atom stereocenters. The molecule has 1 aliphatic heterocycles. The van der Waals surface area contributed by atoms with Gasteiger partial charge in [-0.1, -0.05) is 6.07 Å². The molecule has 110 valence electrons. The Morgan fingerprint density at radius 3 is 2.79 bits per heavy atom. The predicted molar refractivity (Wildman–Crippen MR) is 82.4 cm³/mol. The van der Waals surface area contributed by atoms with E-state index < -0.39 is 10.0 Å². The van der Waals surface area contributed by atoms with Gasteiger partial charge in [-0.3, -0.25) is 0 Å². The van der Waals surface area contributed by atoms with Crippen LogP contribution >= 0.6 is 23.7 Å². The number of nitrogens with zero attached hydrogens (tertiary/aromatic N) is 1. The number of hydrogen-bond donors (Lipinski definition) is 1. The monoisotopic (exact) mass is 324 g/mol. The largest absolute Gasteiger partial charge is 0.330 e. The Morgan fingerprint density at radius 1 is 1.53 bits per heavy atom. The summed E-state index contributed by atoms with van der Waals surface area (Å²) in [5.74, 6) is 0.520. The fraction of sp³-hybridized carbons (Fsp3) is 0.667. The smallest absolute Gasteiger partial charge is 0.214 e. The SMILES string of the molecule is CC1CC(CN)CN1S(=O)(=O)CCc1cccs1.Cl. The van der Waals surface area contributed by atoms with Crippen molar-refractivity contribution in [3.63, 3.8) is 0 Å². The van der Waals surface area contributed by atoms with Gasteiger partial charge in [0.05, 0.1) is 5.75 Å². The third-order valence-electron chi connectivity index (χ3n) is 3.48. The Kier molecular flexibility index (Phi) is 6.26. The van der Waals surface area contributed by atoms with Crippen molar-refractivity contribution in [2.45, 2.75) is 25.8 Å². The minimum Gasteiger partial charge on any atom is -0.330 e. The zero-order chi connectivity index (χ0) is 13.2. The summed E-state index contributed by atoms with van der Waals surface area (Å²) in [6.07, 6.45) is 1.49. The molecule has 2 unspecified atom stereocenters. The van der Waals surface area contributed by atoms with Crippen LogP contribution in [0.1, 0.15) is 18.2 Å². The van der Waals surface area contributed by atoms with E-state index in [9.17, 15) is 8.42 Å². The Hall–Kier alpha value is -0.140. The average Bonchev–Trinajstić information content (AvgIpc) is 2.95. The molecule has 0 radical (unpaired) electrons. The van der Waals surface area contributed by atoms with E-state index in [0.29, 0.717) is 25.4 Å². The number of hydrogen-bond acceptors (Lipinski definition) is 4. The molecule has 0 saturated carbocycles. The van der Waals surface area contributed by atoms with Gasteiger partial charge in [-0.15, -0.1) is 23.7 Å².